The lowest BCUT2D eigenvalue weighted by Crippen LogP contribution is -2.36. The van der Waals surface area contributed by atoms with Crippen molar-refractivity contribution in [2.75, 3.05) is 13.1 Å². The number of nitrogens with zero attached hydrogens (tertiary/aromatic N) is 1. The fourth-order valence-corrected chi connectivity index (χ4v) is 4.94. The quantitative estimate of drug-likeness (QED) is 0.736. The summed E-state index contributed by atoms with van der Waals surface area (Å²) >= 11 is 0. The highest BCUT2D eigenvalue weighted by Gasteiger charge is 2.26. The van der Waals surface area contributed by atoms with E-state index >= 15 is 0 Å². The lowest BCUT2D eigenvalue weighted by atomic mass is 9.89. The molecule has 2 fully saturated rings. The van der Waals surface area contributed by atoms with Crippen LogP contribution in [-0.4, -0.2) is 35.2 Å². The van der Waals surface area contributed by atoms with E-state index in [0.29, 0.717) is 6.10 Å². The smallest absolute Gasteiger partial charge is 0.306 e. The first-order chi connectivity index (χ1) is 14.0. The molecule has 1 heterocycles. The van der Waals surface area contributed by atoms with E-state index in [1.807, 2.05) is 0 Å². The van der Waals surface area contributed by atoms with Crippen LogP contribution in [0, 0.1) is 18.8 Å². The first-order valence-electron chi connectivity index (χ1n) is 11.1. The van der Waals surface area contributed by atoms with Crippen molar-refractivity contribution >= 4 is 16.7 Å². The molecule has 1 N–H and O–H groups in total. The first kappa shape index (κ1) is 20.2. The van der Waals surface area contributed by atoms with Gasteiger partial charge in [-0.15, -0.1) is 0 Å². The summed E-state index contributed by atoms with van der Waals surface area (Å²) in [5.74, 6) is 0.992. The van der Waals surface area contributed by atoms with Gasteiger partial charge in [0.15, 0.2) is 0 Å². The summed E-state index contributed by atoms with van der Waals surface area (Å²) in [4.78, 5) is 13.7. The number of likely N-dealkylation sites (tertiary alicyclic amines) is 1. The van der Waals surface area contributed by atoms with Gasteiger partial charge in [0.25, 0.3) is 0 Å². The highest BCUT2D eigenvalue weighted by Crippen LogP contribution is 2.36. The molecule has 4 nitrogen and oxygen atoms in total. The van der Waals surface area contributed by atoms with Gasteiger partial charge in [-0.2, -0.15) is 0 Å². The van der Waals surface area contributed by atoms with Crippen LogP contribution in [-0.2, 0) is 11.3 Å². The Morgan fingerprint density at radius 1 is 1.07 bits per heavy atom. The van der Waals surface area contributed by atoms with E-state index < -0.39 is 5.97 Å². The molecule has 1 aliphatic carbocycles. The summed E-state index contributed by atoms with van der Waals surface area (Å²) in [5.41, 5.74) is 2.52. The molecule has 2 aromatic rings. The molecule has 0 atom stereocenters. The highest BCUT2D eigenvalue weighted by molar-refractivity contribution is 5.90. The van der Waals surface area contributed by atoms with E-state index in [0.717, 1.165) is 57.0 Å². The molecule has 1 saturated carbocycles. The minimum atomic E-state index is -0.652. The van der Waals surface area contributed by atoms with Crippen molar-refractivity contribution in [3.05, 3.63) is 41.5 Å². The normalized spacial score (nSPS) is 23.9. The number of hydrogen-bond acceptors (Lipinski definition) is 3. The number of carbonyl (C=O) groups is 1. The average Bonchev–Trinajstić information content (AvgIpc) is 2.73. The third-order valence-corrected chi connectivity index (χ3v) is 6.90. The van der Waals surface area contributed by atoms with E-state index in [4.69, 9.17) is 4.74 Å². The van der Waals surface area contributed by atoms with Gasteiger partial charge in [-0.25, -0.2) is 0 Å². The number of hydrogen-bond donors (Lipinski definition) is 1. The summed E-state index contributed by atoms with van der Waals surface area (Å²) in [5, 5.41) is 11.8. The zero-order valence-corrected chi connectivity index (χ0v) is 17.7. The predicted molar refractivity (Wildman–Crippen MR) is 116 cm³/mol. The Balaban J connectivity index is 1.60. The molecule has 0 radical (unpaired) electrons. The predicted octanol–water partition coefficient (Wildman–Crippen LogP) is 5.40. The zero-order chi connectivity index (χ0) is 20.4. The van der Waals surface area contributed by atoms with Crippen LogP contribution in [0.4, 0.5) is 0 Å². The molecule has 1 saturated heterocycles. The minimum absolute atomic E-state index is 0.194. The summed E-state index contributed by atoms with van der Waals surface area (Å²) in [6.07, 6.45) is 6.53. The SMILES string of the molecule is Cc1cc(OC2CCC(C)CC2)c(CN2CCC(C(=O)O)CC2)c2ccccc12. The lowest BCUT2D eigenvalue weighted by Gasteiger charge is -2.32. The summed E-state index contributed by atoms with van der Waals surface area (Å²) < 4.78 is 6.60. The molecule has 4 heteroatoms. The van der Waals surface area contributed by atoms with Crippen molar-refractivity contribution in [2.45, 2.75) is 65.0 Å². The first-order valence-corrected chi connectivity index (χ1v) is 11.1. The van der Waals surface area contributed by atoms with Crippen molar-refractivity contribution in [3.63, 3.8) is 0 Å². The van der Waals surface area contributed by atoms with Crippen LogP contribution >= 0.6 is 0 Å². The van der Waals surface area contributed by atoms with Crippen molar-refractivity contribution in [1.82, 2.24) is 4.90 Å². The number of piperidine rings is 1. The van der Waals surface area contributed by atoms with E-state index in [-0.39, 0.29) is 5.92 Å². The molecule has 0 bridgehead atoms. The van der Waals surface area contributed by atoms with E-state index in [9.17, 15) is 9.90 Å². The van der Waals surface area contributed by atoms with E-state index in [1.165, 1.54) is 34.7 Å². The maximum Gasteiger partial charge on any atom is 0.306 e. The second-order valence-corrected chi connectivity index (χ2v) is 9.10. The Bertz CT molecular complexity index is 862. The Morgan fingerprint density at radius 2 is 1.72 bits per heavy atom. The molecule has 2 aliphatic rings. The average molecular weight is 396 g/mol. The molecular formula is C25H33NO3. The summed E-state index contributed by atoms with van der Waals surface area (Å²) in [7, 11) is 0. The molecule has 1 aliphatic heterocycles. The van der Waals surface area contributed by atoms with E-state index in [1.54, 1.807) is 0 Å². The molecule has 2 aromatic carbocycles. The zero-order valence-electron chi connectivity index (χ0n) is 17.7. The monoisotopic (exact) mass is 395 g/mol. The number of benzene rings is 2. The number of ether oxygens (including phenoxy) is 1. The molecule has 29 heavy (non-hydrogen) atoms. The Morgan fingerprint density at radius 3 is 2.38 bits per heavy atom. The third kappa shape index (κ3) is 4.58. The largest absolute Gasteiger partial charge is 0.490 e. The molecule has 4 rings (SSSR count). The maximum atomic E-state index is 11.3. The molecular weight excluding hydrogens is 362 g/mol. The highest BCUT2D eigenvalue weighted by atomic mass is 16.5. The second kappa shape index (κ2) is 8.74. The fourth-order valence-electron chi connectivity index (χ4n) is 4.94. The lowest BCUT2D eigenvalue weighted by molar-refractivity contribution is -0.143. The van der Waals surface area contributed by atoms with Gasteiger partial charge >= 0.3 is 5.97 Å². The van der Waals surface area contributed by atoms with E-state index in [2.05, 4.69) is 49.1 Å². The van der Waals surface area contributed by atoms with Gasteiger partial charge in [0, 0.05) is 12.1 Å². The van der Waals surface area contributed by atoms with Crippen LogP contribution in [0.15, 0.2) is 30.3 Å². The third-order valence-electron chi connectivity index (χ3n) is 6.90. The standard InChI is InChI=1S/C25H33NO3/c1-17-7-9-20(10-8-17)29-24-15-18(2)21-5-3-4-6-22(21)23(24)16-26-13-11-19(12-14-26)25(27)28/h3-6,15,17,19-20H,7-14,16H2,1-2H3,(H,27,28). The topological polar surface area (TPSA) is 49.8 Å². The number of rotatable bonds is 5. The van der Waals surface area contributed by atoms with Crippen LogP contribution in [0.2, 0.25) is 0 Å². The maximum absolute atomic E-state index is 11.3. The van der Waals surface area contributed by atoms with Crippen molar-refractivity contribution < 1.29 is 14.6 Å². The Hall–Kier alpha value is -2.07. The second-order valence-electron chi connectivity index (χ2n) is 9.10. The van der Waals surface area contributed by atoms with Gasteiger partial charge < -0.3 is 9.84 Å². The molecule has 0 amide bonds. The van der Waals surface area contributed by atoms with Crippen molar-refractivity contribution in [2.24, 2.45) is 11.8 Å². The Kier molecular flexibility index (Phi) is 6.09. The van der Waals surface area contributed by atoms with Crippen LogP contribution < -0.4 is 4.74 Å². The van der Waals surface area contributed by atoms with Gasteiger partial charge in [0.1, 0.15) is 5.75 Å². The number of carboxylic acids is 1. The van der Waals surface area contributed by atoms with Gasteiger partial charge in [0.05, 0.1) is 12.0 Å². The number of aryl methyl sites for hydroxylation is 1. The van der Waals surface area contributed by atoms with Gasteiger partial charge in [0.2, 0.25) is 0 Å². The van der Waals surface area contributed by atoms with Crippen LogP contribution in [0.1, 0.15) is 56.6 Å². The van der Waals surface area contributed by atoms with Crippen LogP contribution in [0.5, 0.6) is 5.75 Å². The van der Waals surface area contributed by atoms with Crippen molar-refractivity contribution in [1.29, 1.82) is 0 Å². The van der Waals surface area contributed by atoms with Gasteiger partial charge in [-0.3, -0.25) is 9.69 Å². The minimum Gasteiger partial charge on any atom is -0.490 e. The van der Waals surface area contributed by atoms with Crippen LogP contribution in [0.25, 0.3) is 10.8 Å². The number of carboxylic acid groups (broad SMARTS) is 1. The van der Waals surface area contributed by atoms with Crippen LogP contribution in [0.3, 0.4) is 0 Å². The summed E-state index contributed by atoms with van der Waals surface area (Å²) in [6.45, 7) is 6.99. The molecule has 0 aromatic heterocycles. The van der Waals surface area contributed by atoms with Gasteiger partial charge in [-0.1, -0.05) is 31.2 Å². The number of fused-ring (bicyclic) bond motifs is 1. The van der Waals surface area contributed by atoms with Gasteiger partial charge in [-0.05, 0) is 86.9 Å². The van der Waals surface area contributed by atoms with Crippen molar-refractivity contribution in [3.8, 4) is 5.75 Å². The Labute approximate surface area is 173 Å². The molecule has 156 valence electrons. The molecule has 0 spiro atoms. The number of aliphatic carboxylic acids is 1. The fraction of sp³-hybridized carbons (Fsp3) is 0.560. The molecule has 0 unspecified atom stereocenters. The summed E-state index contributed by atoms with van der Waals surface area (Å²) in [6, 6.07) is 10.8.